The van der Waals surface area contributed by atoms with Gasteiger partial charge in [-0.1, -0.05) is 291 Å². The molecular formula is C68H116O6. The van der Waals surface area contributed by atoms with Crippen molar-refractivity contribution in [2.75, 3.05) is 13.2 Å². The predicted molar refractivity (Wildman–Crippen MR) is 320 cm³/mol. The van der Waals surface area contributed by atoms with Gasteiger partial charge in [0.2, 0.25) is 0 Å². The van der Waals surface area contributed by atoms with Gasteiger partial charge < -0.3 is 14.2 Å². The van der Waals surface area contributed by atoms with Gasteiger partial charge >= 0.3 is 17.9 Å². The SMILES string of the molecule is CC/C=C\C/C=C\C/C=C\C/C=C\C/C=C\C/C=C\C/C=C\C/C=C\CCCCC(=O)OCC(COC(=O)CCCCCCCCCCCCCCC)OC(=O)CCCCCCCCCCCCCCCCCC. The number of esters is 3. The molecule has 6 heteroatoms. The lowest BCUT2D eigenvalue weighted by molar-refractivity contribution is -0.167. The van der Waals surface area contributed by atoms with Crippen molar-refractivity contribution in [3.05, 3.63) is 97.2 Å². The van der Waals surface area contributed by atoms with E-state index in [-0.39, 0.29) is 31.1 Å². The highest BCUT2D eigenvalue weighted by molar-refractivity contribution is 5.71. The molecule has 0 bridgehead atoms. The van der Waals surface area contributed by atoms with Gasteiger partial charge in [-0.05, 0) is 83.5 Å². The first-order valence-electron chi connectivity index (χ1n) is 31.2. The molecule has 0 spiro atoms. The quantitative estimate of drug-likeness (QED) is 0.0261. The van der Waals surface area contributed by atoms with Crippen molar-refractivity contribution in [3.63, 3.8) is 0 Å². The fourth-order valence-electron chi connectivity index (χ4n) is 8.69. The summed E-state index contributed by atoms with van der Waals surface area (Å²) in [6, 6.07) is 0. The Bertz CT molecular complexity index is 1460. The summed E-state index contributed by atoms with van der Waals surface area (Å²) in [7, 11) is 0. The van der Waals surface area contributed by atoms with Crippen molar-refractivity contribution in [3.8, 4) is 0 Å². The van der Waals surface area contributed by atoms with Crippen LogP contribution in [-0.4, -0.2) is 37.2 Å². The Morgan fingerprint density at radius 2 is 0.527 bits per heavy atom. The van der Waals surface area contributed by atoms with E-state index in [1.54, 1.807) is 0 Å². The lowest BCUT2D eigenvalue weighted by Gasteiger charge is -2.18. The van der Waals surface area contributed by atoms with E-state index in [2.05, 4.69) is 118 Å². The van der Waals surface area contributed by atoms with Gasteiger partial charge in [0.1, 0.15) is 13.2 Å². The van der Waals surface area contributed by atoms with Gasteiger partial charge in [-0.3, -0.25) is 14.4 Å². The molecule has 0 aromatic heterocycles. The molecule has 0 saturated heterocycles. The number of rotatable bonds is 56. The molecule has 6 nitrogen and oxygen atoms in total. The molecule has 0 amide bonds. The van der Waals surface area contributed by atoms with Crippen LogP contribution in [0.25, 0.3) is 0 Å². The van der Waals surface area contributed by atoms with Crippen LogP contribution >= 0.6 is 0 Å². The Kier molecular flexibility index (Phi) is 58.8. The second kappa shape index (κ2) is 61.9. The van der Waals surface area contributed by atoms with E-state index >= 15 is 0 Å². The smallest absolute Gasteiger partial charge is 0.306 e. The van der Waals surface area contributed by atoms with Crippen LogP contribution in [0, 0.1) is 0 Å². The van der Waals surface area contributed by atoms with Crippen LogP contribution in [0.4, 0.5) is 0 Å². The average Bonchev–Trinajstić information content (AvgIpc) is 3.40. The first-order valence-corrected chi connectivity index (χ1v) is 31.2. The molecule has 0 aromatic carbocycles. The second-order valence-electron chi connectivity index (χ2n) is 20.6. The summed E-state index contributed by atoms with van der Waals surface area (Å²) in [4.78, 5) is 38.2. The second-order valence-corrected chi connectivity index (χ2v) is 20.6. The van der Waals surface area contributed by atoms with Crippen LogP contribution in [0.2, 0.25) is 0 Å². The summed E-state index contributed by atoms with van der Waals surface area (Å²) in [6.07, 6.45) is 82.6. The van der Waals surface area contributed by atoms with E-state index in [9.17, 15) is 14.4 Å². The Hall–Kier alpha value is -3.67. The Labute approximate surface area is 457 Å². The summed E-state index contributed by atoms with van der Waals surface area (Å²) < 4.78 is 16.9. The van der Waals surface area contributed by atoms with Gasteiger partial charge in [-0.25, -0.2) is 0 Å². The minimum Gasteiger partial charge on any atom is -0.462 e. The molecule has 1 unspecified atom stereocenters. The molecule has 0 rings (SSSR count). The van der Waals surface area contributed by atoms with E-state index in [4.69, 9.17) is 14.2 Å². The zero-order valence-corrected chi connectivity index (χ0v) is 48.6. The Morgan fingerprint density at radius 3 is 0.824 bits per heavy atom. The number of unbranched alkanes of at least 4 members (excludes halogenated alkanes) is 29. The highest BCUT2D eigenvalue weighted by Gasteiger charge is 2.19. The van der Waals surface area contributed by atoms with Crippen molar-refractivity contribution in [1.82, 2.24) is 0 Å². The monoisotopic (exact) mass is 1030 g/mol. The van der Waals surface area contributed by atoms with Crippen LogP contribution in [0.5, 0.6) is 0 Å². The minimum atomic E-state index is -0.793. The molecule has 424 valence electrons. The lowest BCUT2D eigenvalue weighted by Crippen LogP contribution is -2.30. The molecule has 0 aliphatic carbocycles. The summed E-state index contributed by atoms with van der Waals surface area (Å²) in [5.74, 6) is -0.922. The van der Waals surface area contributed by atoms with Gasteiger partial charge in [0.05, 0.1) is 0 Å². The van der Waals surface area contributed by atoms with E-state index in [1.165, 1.54) is 148 Å². The third-order valence-electron chi connectivity index (χ3n) is 13.4. The average molecular weight is 1030 g/mol. The zero-order valence-electron chi connectivity index (χ0n) is 48.6. The van der Waals surface area contributed by atoms with Crippen molar-refractivity contribution in [1.29, 1.82) is 0 Å². The van der Waals surface area contributed by atoms with Gasteiger partial charge in [-0.2, -0.15) is 0 Å². The fraction of sp³-hybridized carbons (Fsp3) is 0.721. The third kappa shape index (κ3) is 59.2. The van der Waals surface area contributed by atoms with Crippen molar-refractivity contribution >= 4 is 17.9 Å². The summed E-state index contributed by atoms with van der Waals surface area (Å²) in [6.45, 7) is 6.52. The molecule has 0 aromatic rings. The standard InChI is InChI=1S/C68H116O6/c1-4-7-10-13-16-19-22-25-27-29-30-31-32-33-34-35-36-37-38-39-41-43-46-49-52-55-58-61-67(70)73-64-65(63-72-66(69)60-57-54-51-48-45-42-24-21-18-15-12-9-6-3)74-68(71)62-59-56-53-50-47-44-40-28-26-23-20-17-14-11-8-5-2/h7,10,16,19,25,27,30-31,33-34,36-37,39,41,46,49,65H,4-6,8-9,11-15,17-18,20-24,26,28-29,32,35,38,40,42-45,47-48,50-64H2,1-3H3/b10-7-,19-16-,27-25-,31-30-,34-33-,37-36-,41-39-,49-46-. The number of carbonyl (C=O) groups excluding carboxylic acids is 3. The van der Waals surface area contributed by atoms with Gasteiger partial charge in [-0.15, -0.1) is 0 Å². The topological polar surface area (TPSA) is 78.9 Å². The predicted octanol–water partition coefficient (Wildman–Crippen LogP) is 21.3. The van der Waals surface area contributed by atoms with Crippen LogP contribution in [0.3, 0.4) is 0 Å². The maximum atomic E-state index is 12.9. The van der Waals surface area contributed by atoms with E-state index in [0.29, 0.717) is 19.3 Å². The van der Waals surface area contributed by atoms with Gasteiger partial charge in [0.25, 0.3) is 0 Å². The molecule has 0 aliphatic heterocycles. The first kappa shape index (κ1) is 70.3. The highest BCUT2D eigenvalue weighted by atomic mass is 16.6. The van der Waals surface area contributed by atoms with Crippen molar-refractivity contribution in [2.45, 2.75) is 303 Å². The molecule has 0 N–H and O–H groups in total. The number of carbonyl (C=O) groups is 3. The van der Waals surface area contributed by atoms with E-state index in [1.807, 2.05) is 0 Å². The van der Waals surface area contributed by atoms with Crippen molar-refractivity contribution < 1.29 is 28.6 Å². The zero-order chi connectivity index (χ0) is 53.6. The molecular weight excluding hydrogens is 913 g/mol. The van der Waals surface area contributed by atoms with Crippen LogP contribution in [-0.2, 0) is 28.6 Å². The third-order valence-corrected chi connectivity index (χ3v) is 13.4. The lowest BCUT2D eigenvalue weighted by atomic mass is 10.0. The van der Waals surface area contributed by atoms with Crippen LogP contribution in [0.15, 0.2) is 97.2 Å². The molecule has 0 fully saturated rings. The summed E-state index contributed by atoms with van der Waals surface area (Å²) >= 11 is 0. The summed E-state index contributed by atoms with van der Waals surface area (Å²) in [5.41, 5.74) is 0. The first-order chi connectivity index (χ1) is 36.5. The molecule has 74 heavy (non-hydrogen) atoms. The van der Waals surface area contributed by atoms with E-state index in [0.717, 1.165) is 109 Å². The number of allylic oxidation sites excluding steroid dienone is 16. The van der Waals surface area contributed by atoms with Crippen LogP contribution in [0.1, 0.15) is 297 Å². The maximum absolute atomic E-state index is 12.9. The molecule has 0 radical (unpaired) electrons. The Morgan fingerprint density at radius 1 is 0.284 bits per heavy atom. The molecule has 1 atom stereocenters. The molecule has 0 aliphatic rings. The molecule has 0 heterocycles. The molecule has 0 saturated carbocycles. The number of hydrogen-bond acceptors (Lipinski definition) is 6. The number of ether oxygens (including phenoxy) is 3. The normalized spacial score (nSPS) is 12.7. The fourth-order valence-corrected chi connectivity index (χ4v) is 8.69. The van der Waals surface area contributed by atoms with E-state index < -0.39 is 6.10 Å². The van der Waals surface area contributed by atoms with Crippen molar-refractivity contribution in [2.24, 2.45) is 0 Å². The minimum absolute atomic E-state index is 0.0874. The summed E-state index contributed by atoms with van der Waals surface area (Å²) in [5, 5.41) is 0. The highest BCUT2D eigenvalue weighted by Crippen LogP contribution is 2.16. The van der Waals surface area contributed by atoms with Crippen LogP contribution < -0.4 is 0 Å². The van der Waals surface area contributed by atoms with Gasteiger partial charge in [0.15, 0.2) is 6.10 Å². The largest absolute Gasteiger partial charge is 0.462 e. The van der Waals surface area contributed by atoms with Gasteiger partial charge in [0, 0.05) is 19.3 Å². The maximum Gasteiger partial charge on any atom is 0.306 e. The number of hydrogen-bond donors (Lipinski definition) is 0. The Balaban J connectivity index is 4.40.